The number of nitro groups is 1. The molecule has 0 atom stereocenters. The van der Waals surface area contributed by atoms with Crippen LogP contribution in [0.25, 0.3) is 0 Å². The molecular formula is C8H10N2O4. The Kier molecular flexibility index (Phi) is 1.92. The maximum Gasteiger partial charge on any atom is 0.436 e. The number of hydrogen-bond acceptors (Lipinski definition) is 5. The van der Waals surface area contributed by atoms with Gasteiger partial charge < -0.3 is 14.5 Å². The van der Waals surface area contributed by atoms with Crippen molar-refractivity contribution in [2.45, 2.75) is 12.5 Å². The van der Waals surface area contributed by atoms with Crippen LogP contribution >= 0.6 is 0 Å². The molecule has 0 aromatic carbocycles. The Hall–Kier alpha value is -1.56. The topological polar surface area (TPSA) is 77.5 Å². The van der Waals surface area contributed by atoms with Crippen molar-refractivity contribution in [3.63, 3.8) is 0 Å². The smallest absolute Gasteiger partial charge is 0.436 e. The summed E-state index contributed by atoms with van der Waals surface area (Å²) < 4.78 is 10.3. The van der Waals surface area contributed by atoms with E-state index in [9.17, 15) is 10.1 Å². The Balaban J connectivity index is 2.06. The second-order valence-electron chi connectivity index (χ2n) is 3.51. The molecule has 6 heteroatoms. The summed E-state index contributed by atoms with van der Waals surface area (Å²) in [6.07, 6.45) is 0. The number of nitrogens with zero attached hydrogens (tertiary/aromatic N) is 1. The predicted octanol–water partition coefficient (Wildman–Crippen LogP) is 0.928. The highest BCUT2D eigenvalue weighted by atomic mass is 16.7. The molecule has 0 spiro atoms. The molecule has 1 aliphatic rings. The van der Waals surface area contributed by atoms with E-state index in [1.54, 1.807) is 0 Å². The van der Waals surface area contributed by atoms with E-state index in [0.717, 1.165) is 13.1 Å². The van der Waals surface area contributed by atoms with Crippen LogP contribution in [0.3, 0.4) is 0 Å². The average molecular weight is 198 g/mol. The van der Waals surface area contributed by atoms with E-state index >= 15 is 0 Å². The monoisotopic (exact) mass is 198 g/mol. The summed E-state index contributed by atoms with van der Waals surface area (Å²) in [5.74, 6) is -0.100. The van der Waals surface area contributed by atoms with E-state index in [4.69, 9.17) is 9.15 Å². The molecule has 0 unspecified atom stereocenters. The molecule has 76 valence electrons. The van der Waals surface area contributed by atoms with Crippen molar-refractivity contribution in [2.24, 2.45) is 0 Å². The van der Waals surface area contributed by atoms with Gasteiger partial charge in [-0.1, -0.05) is 0 Å². The maximum absolute atomic E-state index is 10.3. The lowest BCUT2D eigenvalue weighted by Crippen LogP contribution is -2.60. The van der Waals surface area contributed by atoms with Crippen molar-refractivity contribution in [3.05, 3.63) is 22.2 Å². The van der Waals surface area contributed by atoms with E-state index in [2.05, 4.69) is 5.32 Å². The normalized spacial score (nSPS) is 18.6. The lowest BCUT2D eigenvalue weighted by Gasteiger charge is -2.38. The van der Waals surface area contributed by atoms with Gasteiger partial charge in [-0.2, -0.15) is 0 Å². The van der Waals surface area contributed by atoms with Gasteiger partial charge in [0.25, 0.3) is 5.95 Å². The number of nitrogens with one attached hydrogen (secondary N) is 1. The van der Waals surface area contributed by atoms with Crippen molar-refractivity contribution < 1.29 is 14.1 Å². The minimum Gasteiger partial charge on any atom is -0.456 e. The molecular weight excluding hydrogens is 188 g/mol. The van der Waals surface area contributed by atoms with Gasteiger partial charge in [0, 0.05) is 19.2 Å². The van der Waals surface area contributed by atoms with Crippen molar-refractivity contribution in [1.82, 2.24) is 5.32 Å². The Bertz CT molecular complexity index is 356. The van der Waals surface area contributed by atoms with Gasteiger partial charge in [-0.25, -0.2) is 0 Å². The molecule has 2 rings (SSSR count). The van der Waals surface area contributed by atoms with Crippen LogP contribution in [-0.2, 0) is 0 Å². The highest BCUT2D eigenvalue weighted by molar-refractivity contribution is 5.22. The standard InChI is InChI=1S/C8H10N2O4/c1-8(4-9-5-8)14-7-3-2-6(13-7)10(11)12/h2-3,9H,4-5H2,1H3. The zero-order valence-electron chi connectivity index (χ0n) is 7.65. The zero-order chi connectivity index (χ0) is 10.2. The highest BCUT2D eigenvalue weighted by Crippen LogP contribution is 2.27. The lowest BCUT2D eigenvalue weighted by atomic mass is 10.0. The van der Waals surface area contributed by atoms with Crippen LogP contribution in [0.5, 0.6) is 5.95 Å². The second-order valence-corrected chi connectivity index (χ2v) is 3.51. The molecule has 1 fully saturated rings. The molecule has 0 aliphatic carbocycles. The molecule has 0 amide bonds. The third-order valence-electron chi connectivity index (χ3n) is 2.09. The summed E-state index contributed by atoms with van der Waals surface area (Å²) in [6, 6.07) is 2.74. The first-order chi connectivity index (χ1) is 6.59. The Morgan fingerprint density at radius 2 is 2.36 bits per heavy atom. The minimum absolute atomic E-state index is 0.195. The molecule has 1 aromatic rings. The molecule has 1 N–H and O–H groups in total. The summed E-state index contributed by atoms with van der Waals surface area (Å²) >= 11 is 0. The van der Waals surface area contributed by atoms with E-state index in [1.807, 2.05) is 6.92 Å². The number of ether oxygens (including phenoxy) is 1. The Morgan fingerprint density at radius 1 is 1.64 bits per heavy atom. The Morgan fingerprint density at radius 3 is 2.79 bits per heavy atom. The van der Waals surface area contributed by atoms with Crippen molar-refractivity contribution in [2.75, 3.05) is 13.1 Å². The van der Waals surface area contributed by atoms with Crippen molar-refractivity contribution in [1.29, 1.82) is 0 Å². The highest BCUT2D eigenvalue weighted by Gasteiger charge is 2.35. The first-order valence-electron chi connectivity index (χ1n) is 4.23. The van der Waals surface area contributed by atoms with Crippen molar-refractivity contribution in [3.8, 4) is 5.95 Å². The zero-order valence-corrected chi connectivity index (χ0v) is 7.65. The first kappa shape index (κ1) is 9.01. The van der Waals surface area contributed by atoms with Gasteiger partial charge in [-0.3, -0.25) is 10.1 Å². The van der Waals surface area contributed by atoms with Crippen LogP contribution in [0, 0.1) is 10.1 Å². The SMILES string of the molecule is CC1(Oc2ccc([N+](=O)[O-])o2)CNC1. The molecule has 0 saturated carbocycles. The maximum atomic E-state index is 10.3. The third kappa shape index (κ3) is 1.56. The fourth-order valence-electron chi connectivity index (χ4n) is 1.26. The number of hydrogen-bond donors (Lipinski definition) is 1. The molecule has 2 heterocycles. The lowest BCUT2D eigenvalue weighted by molar-refractivity contribution is -0.402. The van der Waals surface area contributed by atoms with Crippen LogP contribution in [0.4, 0.5) is 5.88 Å². The summed E-state index contributed by atoms with van der Waals surface area (Å²) in [4.78, 5) is 9.72. The van der Waals surface area contributed by atoms with Crippen LogP contribution in [0.2, 0.25) is 0 Å². The molecule has 1 aliphatic heterocycles. The minimum atomic E-state index is -0.589. The van der Waals surface area contributed by atoms with Gasteiger partial charge in [0.1, 0.15) is 10.5 Å². The molecule has 1 aromatic heterocycles. The van der Waals surface area contributed by atoms with Crippen LogP contribution < -0.4 is 10.1 Å². The van der Waals surface area contributed by atoms with E-state index in [1.165, 1.54) is 12.1 Å². The fourth-order valence-corrected chi connectivity index (χ4v) is 1.26. The van der Waals surface area contributed by atoms with E-state index in [-0.39, 0.29) is 17.4 Å². The van der Waals surface area contributed by atoms with E-state index < -0.39 is 4.92 Å². The fraction of sp³-hybridized carbons (Fsp3) is 0.500. The van der Waals surface area contributed by atoms with Gasteiger partial charge in [0.15, 0.2) is 0 Å². The molecule has 0 bridgehead atoms. The van der Waals surface area contributed by atoms with Gasteiger partial charge >= 0.3 is 5.88 Å². The quantitative estimate of drug-likeness (QED) is 0.577. The van der Waals surface area contributed by atoms with Gasteiger partial charge in [-0.15, -0.1) is 0 Å². The average Bonchev–Trinajstić information content (AvgIpc) is 2.50. The van der Waals surface area contributed by atoms with Gasteiger partial charge in [0.2, 0.25) is 0 Å². The summed E-state index contributed by atoms with van der Waals surface area (Å²) in [5, 5.41) is 13.4. The molecule has 6 nitrogen and oxygen atoms in total. The van der Waals surface area contributed by atoms with Gasteiger partial charge in [-0.05, 0) is 6.92 Å². The van der Waals surface area contributed by atoms with Crippen LogP contribution in [-0.4, -0.2) is 23.6 Å². The summed E-state index contributed by atoms with van der Waals surface area (Å²) in [6.45, 7) is 3.36. The summed E-state index contributed by atoms with van der Waals surface area (Å²) in [5.41, 5.74) is -0.300. The van der Waals surface area contributed by atoms with Crippen LogP contribution in [0.15, 0.2) is 16.5 Å². The van der Waals surface area contributed by atoms with Crippen molar-refractivity contribution >= 4 is 5.88 Å². The van der Waals surface area contributed by atoms with E-state index in [0.29, 0.717) is 0 Å². The summed E-state index contributed by atoms with van der Waals surface area (Å²) in [7, 11) is 0. The largest absolute Gasteiger partial charge is 0.456 e. The third-order valence-corrected chi connectivity index (χ3v) is 2.09. The first-order valence-corrected chi connectivity index (χ1v) is 4.23. The Labute approximate surface area is 80.0 Å². The number of rotatable bonds is 3. The molecule has 0 radical (unpaired) electrons. The molecule has 14 heavy (non-hydrogen) atoms. The molecule has 1 saturated heterocycles. The predicted molar refractivity (Wildman–Crippen MR) is 47.3 cm³/mol. The van der Waals surface area contributed by atoms with Crippen LogP contribution in [0.1, 0.15) is 6.92 Å². The second kappa shape index (κ2) is 2.98. The van der Waals surface area contributed by atoms with Gasteiger partial charge in [0.05, 0.1) is 6.07 Å². The number of furan rings is 1.